The lowest BCUT2D eigenvalue weighted by Gasteiger charge is -2.33. The van der Waals surface area contributed by atoms with Crippen molar-refractivity contribution in [1.82, 2.24) is 14.9 Å². The molecule has 0 radical (unpaired) electrons. The third-order valence-electron chi connectivity index (χ3n) is 5.27. The normalized spacial score (nSPS) is 21.3. The number of aromatic nitrogens is 2. The Morgan fingerprint density at radius 1 is 1.04 bits per heavy atom. The number of para-hydroxylation sites is 1. The van der Waals surface area contributed by atoms with Crippen molar-refractivity contribution in [2.75, 3.05) is 37.7 Å². The van der Waals surface area contributed by atoms with Crippen molar-refractivity contribution in [1.29, 1.82) is 0 Å². The lowest BCUT2D eigenvalue weighted by molar-refractivity contribution is -0.0373. The first-order valence-corrected chi connectivity index (χ1v) is 9.68. The highest BCUT2D eigenvalue weighted by Crippen LogP contribution is 2.27. The number of hydrogen-bond donors (Lipinski definition) is 0. The molecule has 1 atom stereocenters. The van der Waals surface area contributed by atoms with E-state index in [4.69, 9.17) is 4.74 Å². The molecule has 1 aromatic carbocycles. The van der Waals surface area contributed by atoms with Gasteiger partial charge in [-0.2, -0.15) is 0 Å². The number of ether oxygens (including phenoxy) is 1. The zero-order chi connectivity index (χ0) is 17.9. The number of aryl methyl sites for hydroxylation is 2. The minimum atomic E-state index is -0.0405. The Hall–Kier alpha value is -1.98. The SMILES string of the molecule is Cc1cc(C)nc([C@H]2CN(Cc3ccccc3N3CCCC3)CCO2)n1. The molecular formula is C21H28N4O. The van der Waals surface area contributed by atoms with Crippen molar-refractivity contribution in [2.45, 2.75) is 39.3 Å². The standard InChI is InChI=1S/C21H28N4O/c1-16-13-17(2)23-21(22-16)20-15-24(11-12-26-20)14-18-7-3-4-8-19(18)25-9-5-6-10-25/h3-4,7-8,13,20H,5-6,9-12,14-15H2,1-2H3/t20-/m1/s1. The van der Waals surface area contributed by atoms with Crippen LogP contribution in [0.3, 0.4) is 0 Å². The second kappa shape index (κ2) is 7.72. The Bertz CT molecular complexity index is 737. The molecule has 0 spiro atoms. The molecule has 2 saturated heterocycles. The summed E-state index contributed by atoms with van der Waals surface area (Å²) in [4.78, 5) is 14.2. The molecule has 1 aromatic heterocycles. The van der Waals surface area contributed by atoms with E-state index in [0.717, 1.165) is 43.5 Å². The van der Waals surface area contributed by atoms with Gasteiger partial charge >= 0.3 is 0 Å². The van der Waals surface area contributed by atoms with E-state index in [1.807, 2.05) is 19.9 Å². The fourth-order valence-electron chi connectivity index (χ4n) is 4.05. The van der Waals surface area contributed by atoms with Crippen LogP contribution in [0.25, 0.3) is 0 Å². The van der Waals surface area contributed by atoms with Crippen molar-refractivity contribution >= 4 is 5.69 Å². The van der Waals surface area contributed by atoms with Crippen molar-refractivity contribution < 1.29 is 4.74 Å². The molecule has 0 amide bonds. The number of nitrogens with zero attached hydrogens (tertiary/aromatic N) is 4. The summed E-state index contributed by atoms with van der Waals surface area (Å²) in [5.41, 5.74) is 4.83. The molecule has 0 unspecified atom stereocenters. The van der Waals surface area contributed by atoms with Crippen LogP contribution in [0.15, 0.2) is 30.3 Å². The predicted octanol–water partition coefficient (Wildman–Crippen LogP) is 3.27. The van der Waals surface area contributed by atoms with Gasteiger partial charge in [0.25, 0.3) is 0 Å². The van der Waals surface area contributed by atoms with E-state index < -0.39 is 0 Å². The summed E-state index contributed by atoms with van der Waals surface area (Å²) in [7, 11) is 0. The molecular weight excluding hydrogens is 324 g/mol. The largest absolute Gasteiger partial charge is 0.371 e. The van der Waals surface area contributed by atoms with Crippen molar-refractivity contribution in [2.24, 2.45) is 0 Å². The highest BCUT2D eigenvalue weighted by atomic mass is 16.5. The third kappa shape index (κ3) is 3.89. The first-order valence-electron chi connectivity index (χ1n) is 9.68. The second-order valence-electron chi connectivity index (χ2n) is 7.43. The number of hydrogen-bond acceptors (Lipinski definition) is 5. The number of morpholine rings is 1. The van der Waals surface area contributed by atoms with Gasteiger partial charge in [-0.3, -0.25) is 4.90 Å². The highest BCUT2D eigenvalue weighted by molar-refractivity contribution is 5.54. The Morgan fingerprint density at radius 2 is 1.77 bits per heavy atom. The summed E-state index contributed by atoms with van der Waals surface area (Å²) in [6, 6.07) is 10.9. The van der Waals surface area contributed by atoms with Crippen LogP contribution < -0.4 is 4.90 Å². The van der Waals surface area contributed by atoms with Crippen LogP contribution in [0.1, 0.15) is 41.7 Å². The molecule has 2 aliphatic rings. The maximum absolute atomic E-state index is 5.99. The fourth-order valence-corrected chi connectivity index (χ4v) is 4.05. The molecule has 0 bridgehead atoms. The number of benzene rings is 1. The van der Waals surface area contributed by atoms with Crippen molar-refractivity contribution in [3.8, 4) is 0 Å². The lowest BCUT2D eigenvalue weighted by Crippen LogP contribution is -2.38. The van der Waals surface area contributed by atoms with Gasteiger partial charge < -0.3 is 9.64 Å². The fraction of sp³-hybridized carbons (Fsp3) is 0.524. The van der Waals surface area contributed by atoms with Gasteiger partial charge in [-0.25, -0.2) is 9.97 Å². The zero-order valence-corrected chi connectivity index (χ0v) is 15.8. The molecule has 0 N–H and O–H groups in total. The zero-order valence-electron chi connectivity index (χ0n) is 15.8. The van der Waals surface area contributed by atoms with Crippen LogP contribution in [0.5, 0.6) is 0 Å². The maximum Gasteiger partial charge on any atom is 0.158 e. The first-order chi connectivity index (χ1) is 12.7. The Morgan fingerprint density at radius 3 is 2.54 bits per heavy atom. The summed E-state index contributed by atoms with van der Waals surface area (Å²) in [6.07, 6.45) is 2.57. The van der Waals surface area contributed by atoms with E-state index in [1.54, 1.807) is 0 Å². The molecule has 2 aliphatic heterocycles. The summed E-state index contributed by atoms with van der Waals surface area (Å²) >= 11 is 0. The maximum atomic E-state index is 5.99. The quantitative estimate of drug-likeness (QED) is 0.845. The van der Waals surface area contributed by atoms with E-state index in [-0.39, 0.29) is 6.10 Å². The summed E-state index contributed by atoms with van der Waals surface area (Å²) < 4.78 is 5.99. The summed E-state index contributed by atoms with van der Waals surface area (Å²) in [5, 5.41) is 0. The van der Waals surface area contributed by atoms with Crippen LogP contribution in [0, 0.1) is 13.8 Å². The molecule has 138 valence electrons. The van der Waals surface area contributed by atoms with Gasteiger partial charge in [0.05, 0.1) is 6.61 Å². The van der Waals surface area contributed by atoms with Gasteiger partial charge in [0.1, 0.15) is 6.10 Å². The summed E-state index contributed by atoms with van der Waals surface area (Å²) in [5.74, 6) is 0.819. The predicted molar refractivity (Wildman–Crippen MR) is 103 cm³/mol. The van der Waals surface area contributed by atoms with Crippen molar-refractivity contribution in [3.63, 3.8) is 0 Å². The van der Waals surface area contributed by atoms with E-state index in [2.05, 4.69) is 44.0 Å². The smallest absolute Gasteiger partial charge is 0.158 e. The van der Waals surface area contributed by atoms with Crippen molar-refractivity contribution in [3.05, 3.63) is 53.1 Å². The molecule has 0 saturated carbocycles. The van der Waals surface area contributed by atoms with E-state index in [1.165, 1.54) is 37.2 Å². The van der Waals surface area contributed by atoms with Gasteiger partial charge in [-0.15, -0.1) is 0 Å². The minimum Gasteiger partial charge on any atom is -0.371 e. The Labute approximate surface area is 156 Å². The van der Waals surface area contributed by atoms with E-state index >= 15 is 0 Å². The third-order valence-corrected chi connectivity index (χ3v) is 5.27. The van der Waals surface area contributed by atoms with Gasteiger partial charge in [-0.1, -0.05) is 18.2 Å². The van der Waals surface area contributed by atoms with E-state index in [0.29, 0.717) is 0 Å². The van der Waals surface area contributed by atoms with Crippen LogP contribution in [-0.4, -0.2) is 47.7 Å². The molecule has 3 heterocycles. The van der Waals surface area contributed by atoms with Gasteiger partial charge in [0.2, 0.25) is 0 Å². The van der Waals surface area contributed by atoms with Crippen LogP contribution >= 0.6 is 0 Å². The molecule has 5 heteroatoms. The molecule has 4 rings (SSSR count). The number of rotatable bonds is 4. The van der Waals surface area contributed by atoms with Crippen LogP contribution in [-0.2, 0) is 11.3 Å². The second-order valence-corrected chi connectivity index (χ2v) is 7.43. The average molecular weight is 352 g/mol. The minimum absolute atomic E-state index is 0.0405. The first kappa shape index (κ1) is 17.4. The molecule has 5 nitrogen and oxygen atoms in total. The van der Waals surface area contributed by atoms with Crippen LogP contribution in [0.4, 0.5) is 5.69 Å². The monoisotopic (exact) mass is 352 g/mol. The highest BCUT2D eigenvalue weighted by Gasteiger charge is 2.25. The molecule has 0 aliphatic carbocycles. The topological polar surface area (TPSA) is 41.5 Å². The molecule has 2 aromatic rings. The number of anilines is 1. The van der Waals surface area contributed by atoms with Crippen LogP contribution in [0.2, 0.25) is 0 Å². The lowest BCUT2D eigenvalue weighted by atomic mass is 10.1. The Kier molecular flexibility index (Phi) is 5.18. The molecule has 2 fully saturated rings. The summed E-state index contributed by atoms with van der Waals surface area (Å²) in [6.45, 7) is 9.88. The average Bonchev–Trinajstić information content (AvgIpc) is 3.16. The van der Waals surface area contributed by atoms with Gasteiger partial charge in [0.15, 0.2) is 5.82 Å². The van der Waals surface area contributed by atoms with Gasteiger partial charge in [-0.05, 0) is 44.4 Å². The Balaban J connectivity index is 1.49. The van der Waals surface area contributed by atoms with E-state index in [9.17, 15) is 0 Å². The van der Waals surface area contributed by atoms with Gasteiger partial charge in [0, 0.05) is 49.8 Å². The molecule has 26 heavy (non-hydrogen) atoms.